The van der Waals surface area contributed by atoms with Crippen LogP contribution in [0.1, 0.15) is 38.5 Å². The van der Waals surface area contributed by atoms with Gasteiger partial charge in [-0.05, 0) is 38.0 Å². The quantitative estimate of drug-likeness (QED) is 0.599. The highest BCUT2D eigenvalue weighted by Gasteiger charge is 2.17. The summed E-state index contributed by atoms with van der Waals surface area (Å²) in [6.07, 6.45) is 12.4. The SMILES string of the molecule is C#CCCC1CCC(N)CC1. The number of terminal acetylenes is 1. The van der Waals surface area contributed by atoms with Crippen LogP contribution in [0.3, 0.4) is 0 Å². The molecule has 0 aromatic heterocycles. The number of nitrogens with two attached hydrogens (primary N) is 1. The summed E-state index contributed by atoms with van der Waals surface area (Å²) in [6, 6.07) is 0.470. The van der Waals surface area contributed by atoms with E-state index < -0.39 is 0 Å². The zero-order chi connectivity index (χ0) is 8.10. The number of rotatable bonds is 2. The summed E-state index contributed by atoms with van der Waals surface area (Å²) in [5.41, 5.74) is 5.79. The van der Waals surface area contributed by atoms with Crippen molar-refractivity contribution < 1.29 is 0 Å². The van der Waals surface area contributed by atoms with Crippen molar-refractivity contribution in [3.05, 3.63) is 0 Å². The van der Waals surface area contributed by atoms with Crippen molar-refractivity contribution in [2.75, 3.05) is 0 Å². The fraction of sp³-hybridized carbons (Fsp3) is 0.800. The molecular weight excluding hydrogens is 134 g/mol. The van der Waals surface area contributed by atoms with E-state index >= 15 is 0 Å². The van der Waals surface area contributed by atoms with E-state index in [-0.39, 0.29) is 0 Å². The molecular formula is C10H17N. The van der Waals surface area contributed by atoms with Crippen molar-refractivity contribution in [3.63, 3.8) is 0 Å². The lowest BCUT2D eigenvalue weighted by molar-refractivity contribution is 0.313. The van der Waals surface area contributed by atoms with E-state index in [1.54, 1.807) is 0 Å². The maximum absolute atomic E-state index is 5.79. The van der Waals surface area contributed by atoms with Gasteiger partial charge in [-0.3, -0.25) is 0 Å². The Balaban J connectivity index is 2.13. The summed E-state index contributed by atoms with van der Waals surface area (Å²) >= 11 is 0. The van der Waals surface area contributed by atoms with Crippen molar-refractivity contribution in [3.8, 4) is 12.3 Å². The smallest absolute Gasteiger partial charge is 0.00886 e. The van der Waals surface area contributed by atoms with Gasteiger partial charge in [0.05, 0.1) is 0 Å². The summed E-state index contributed by atoms with van der Waals surface area (Å²) < 4.78 is 0. The summed E-state index contributed by atoms with van der Waals surface area (Å²) in [5.74, 6) is 3.56. The molecule has 0 aliphatic heterocycles. The van der Waals surface area contributed by atoms with Crippen molar-refractivity contribution in [1.82, 2.24) is 0 Å². The van der Waals surface area contributed by atoms with Crippen molar-refractivity contribution in [2.24, 2.45) is 11.7 Å². The van der Waals surface area contributed by atoms with Gasteiger partial charge in [-0.1, -0.05) is 0 Å². The second-order valence-electron chi connectivity index (χ2n) is 3.52. The van der Waals surface area contributed by atoms with E-state index in [9.17, 15) is 0 Å². The lowest BCUT2D eigenvalue weighted by Gasteiger charge is -2.25. The van der Waals surface area contributed by atoms with Crippen LogP contribution in [-0.4, -0.2) is 6.04 Å². The molecule has 1 heteroatoms. The molecule has 0 heterocycles. The molecule has 0 unspecified atom stereocenters. The van der Waals surface area contributed by atoms with Gasteiger partial charge < -0.3 is 5.73 Å². The highest BCUT2D eigenvalue weighted by Crippen LogP contribution is 2.26. The lowest BCUT2D eigenvalue weighted by atomic mass is 9.84. The predicted octanol–water partition coefficient (Wildman–Crippen LogP) is 1.92. The highest BCUT2D eigenvalue weighted by atomic mass is 14.6. The molecule has 1 fully saturated rings. The van der Waals surface area contributed by atoms with Gasteiger partial charge in [-0.2, -0.15) is 0 Å². The third-order valence-corrected chi connectivity index (χ3v) is 2.59. The molecule has 11 heavy (non-hydrogen) atoms. The first kappa shape index (κ1) is 8.62. The standard InChI is InChI=1S/C10H17N/c1-2-3-4-9-5-7-10(11)8-6-9/h1,9-10H,3-8,11H2. The average Bonchev–Trinajstić information content (AvgIpc) is 2.04. The fourth-order valence-electron chi connectivity index (χ4n) is 1.76. The molecule has 1 aliphatic rings. The average molecular weight is 151 g/mol. The first-order valence-corrected chi connectivity index (χ1v) is 4.52. The van der Waals surface area contributed by atoms with Crippen molar-refractivity contribution in [1.29, 1.82) is 0 Å². The van der Waals surface area contributed by atoms with Crippen molar-refractivity contribution in [2.45, 2.75) is 44.6 Å². The molecule has 62 valence electrons. The summed E-state index contributed by atoms with van der Waals surface area (Å²) in [4.78, 5) is 0. The Labute approximate surface area is 69.4 Å². The van der Waals surface area contributed by atoms with E-state index in [2.05, 4.69) is 5.92 Å². The van der Waals surface area contributed by atoms with Gasteiger partial charge in [-0.25, -0.2) is 0 Å². The molecule has 1 rings (SSSR count). The highest BCUT2D eigenvalue weighted by molar-refractivity contribution is 4.85. The lowest BCUT2D eigenvalue weighted by Crippen LogP contribution is -2.26. The molecule has 0 bridgehead atoms. The molecule has 0 aromatic rings. The largest absolute Gasteiger partial charge is 0.328 e. The Morgan fingerprint density at radius 2 is 1.91 bits per heavy atom. The zero-order valence-corrected chi connectivity index (χ0v) is 7.05. The second-order valence-corrected chi connectivity index (χ2v) is 3.52. The minimum atomic E-state index is 0.470. The summed E-state index contributed by atoms with van der Waals surface area (Å²) in [6.45, 7) is 0. The van der Waals surface area contributed by atoms with Crippen LogP contribution in [0.5, 0.6) is 0 Å². The van der Waals surface area contributed by atoms with Crippen LogP contribution < -0.4 is 5.73 Å². The predicted molar refractivity (Wildman–Crippen MR) is 48.0 cm³/mol. The summed E-state index contributed by atoms with van der Waals surface area (Å²) in [7, 11) is 0. The normalized spacial score (nSPS) is 31.3. The van der Waals surface area contributed by atoms with Gasteiger partial charge in [0.15, 0.2) is 0 Å². The van der Waals surface area contributed by atoms with Gasteiger partial charge in [0, 0.05) is 12.5 Å². The minimum absolute atomic E-state index is 0.470. The van der Waals surface area contributed by atoms with Gasteiger partial charge in [-0.15, -0.1) is 12.3 Å². The van der Waals surface area contributed by atoms with Gasteiger partial charge in [0.1, 0.15) is 0 Å². The third-order valence-electron chi connectivity index (χ3n) is 2.59. The van der Waals surface area contributed by atoms with E-state index in [0.29, 0.717) is 6.04 Å². The molecule has 0 radical (unpaired) electrons. The molecule has 0 saturated heterocycles. The van der Waals surface area contributed by atoms with E-state index in [1.165, 1.54) is 32.1 Å². The molecule has 1 nitrogen and oxygen atoms in total. The van der Waals surface area contributed by atoms with E-state index in [1.807, 2.05) is 0 Å². The number of hydrogen-bond acceptors (Lipinski definition) is 1. The topological polar surface area (TPSA) is 26.0 Å². The first-order chi connectivity index (χ1) is 5.33. The molecule has 1 aliphatic carbocycles. The maximum atomic E-state index is 5.79. The van der Waals surface area contributed by atoms with E-state index in [4.69, 9.17) is 12.2 Å². The third kappa shape index (κ3) is 2.95. The molecule has 0 aromatic carbocycles. The second kappa shape index (κ2) is 4.41. The fourth-order valence-corrected chi connectivity index (χ4v) is 1.76. The van der Waals surface area contributed by atoms with Gasteiger partial charge in [0.2, 0.25) is 0 Å². The van der Waals surface area contributed by atoms with Crippen LogP contribution in [0.4, 0.5) is 0 Å². The Morgan fingerprint density at radius 1 is 1.27 bits per heavy atom. The van der Waals surface area contributed by atoms with Crippen molar-refractivity contribution >= 4 is 0 Å². The van der Waals surface area contributed by atoms with Crippen LogP contribution in [0.15, 0.2) is 0 Å². The molecule has 0 amide bonds. The Hall–Kier alpha value is -0.480. The zero-order valence-electron chi connectivity index (χ0n) is 7.05. The Bertz CT molecular complexity index is 137. The minimum Gasteiger partial charge on any atom is -0.328 e. The van der Waals surface area contributed by atoms with Crippen LogP contribution in [0.2, 0.25) is 0 Å². The first-order valence-electron chi connectivity index (χ1n) is 4.52. The summed E-state index contributed by atoms with van der Waals surface area (Å²) in [5, 5.41) is 0. The van der Waals surface area contributed by atoms with Gasteiger partial charge in [0.25, 0.3) is 0 Å². The molecule has 2 N–H and O–H groups in total. The molecule has 1 saturated carbocycles. The Kier molecular flexibility index (Phi) is 3.45. The van der Waals surface area contributed by atoms with Gasteiger partial charge >= 0.3 is 0 Å². The number of hydrogen-bond donors (Lipinski definition) is 1. The molecule has 0 spiro atoms. The van der Waals surface area contributed by atoms with Crippen LogP contribution >= 0.6 is 0 Å². The monoisotopic (exact) mass is 151 g/mol. The Morgan fingerprint density at radius 3 is 2.45 bits per heavy atom. The maximum Gasteiger partial charge on any atom is 0.00886 e. The van der Waals surface area contributed by atoms with E-state index in [0.717, 1.165) is 12.3 Å². The van der Waals surface area contributed by atoms with Crippen LogP contribution in [0, 0.1) is 18.3 Å². The van der Waals surface area contributed by atoms with Crippen LogP contribution in [-0.2, 0) is 0 Å². The molecule has 0 atom stereocenters. The van der Waals surface area contributed by atoms with Crippen LogP contribution in [0.25, 0.3) is 0 Å².